The summed E-state index contributed by atoms with van der Waals surface area (Å²) in [4.78, 5) is 27.0. The van der Waals surface area contributed by atoms with Gasteiger partial charge in [-0.25, -0.2) is 0 Å². The summed E-state index contributed by atoms with van der Waals surface area (Å²) in [5.41, 5.74) is 0. The summed E-state index contributed by atoms with van der Waals surface area (Å²) in [6, 6.07) is -0.242. The van der Waals surface area contributed by atoms with Crippen LogP contribution in [0.1, 0.15) is 46.0 Å². The molecule has 1 heterocycles. The molecule has 1 fully saturated rings. The van der Waals surface area contributed by atoms with Crippen LogP contribution in [0.15, 0.2) is 0 Å². The molecule has 2 atom stereocenters. The van der Waals surface area contributed by atoms with Crippen molar-refractivity contribution in [1.29, 1.82) is 0 Å². The SMILES string of the molecule is CCC(C(=O)O)N(C)CC(=O)N1CCCCC1CC. The first-order valence-electron chi connectivity index (χ1n) is 7.23. The van der Waals surface area contributed by atoms with Gasteiger partial charge < -0.3 is 10.0 Å². The van der Waals surface area contributed by atoms with Crippen LogP contribution in [0.3, 0.4) is 0 Å². The summed E-state index contributed by atoms with van der Waals surface area (Å²) in [6.45, 7) is 4.94. The quantitative estimate of drug-likeness (QED) is 0.796. The molecule has 5 heteroatoms. The van der Waals surface area contributed by atoms with E-state index in [1.54, 1.807) is 11.9 Å². The van der Waals surface area contributed by atoms with E-state index in [0.717, 1.165) is 25.8 Å². The molecule has 1 saturated heterocycles. The van der Waals surface area contributed by atoms with Crippen molar-refractivity contribution in [3.05, 3.63) is 0 Å². The van der Waals surface area contributed by atoms with Gasteiger partial charge in [0.25, 0.3) is 0 Å². The van der Waals surface area contributed by atoms with Gasteiger partial charge in [0.2, 0.25) is 5.91 Å². The Balaban J connectivity index is 2.59. The summed E-state index contributed by atoms with van der Waals surface area (Å²) in [5.74, 6) is -0.794. The van der Waals surface area contributed by atoms with Crippen molar-refractivity contribution in [2.24, 2.45) is 0 Å². The number of carboxylic acid groups (broad SMARTS) is 1. The molecule has 0 aliphatic carbocycles. The lowest BCUT2D eigenvalue weighted by Gasteiger charge is -2.36. The van der Waals surface area contributed by atoms with Crippen LogP contribution in [0.4, 0.5) is 0 Å². The highest BCUT2D eigenvalue weighted by Crippen LogP contribution is 2.19. The number of carboxylic acids is 1. The third-order valence-electron chi connectivity index (χ3n) is 4.01. The second kappa shape index (κ2) is 7.48. The van der Waals surface area contributed by atoms with Gasteiger partial charge in [0.15, 0.2) is 0 Å². The molecule has 0 radical (unpaired) electrons. The van der Waals surface area contributed by atoms with Crippen LogP contribution in [0.2, 0.25) is 0 Å². The molecule has 110 valence electrons. The van der Waals surface area contributed by atoms with Crippen LogP contribution in [-0.4, -0.2) is 59.0 Å². The van der Waals surface area contributed by atoms with E-state index in [-0.39, 0.29) is 12.5 Å². The zero-order valence-corrected chi connectivity index (χ0v) is 12.3. The van der Waals surface area contributed by atoms with Gasteiger partial charge in [0.05, 0.1) is 6.54 Å². The summed E-state index contributed by atoms with van der Waals surface area (Å²) in [5, 5.41) is 9.10. The molecule has 1 rings (SSSR count). The maximum atomic E-state index is 12.3. The molecule has 0 bridgehead atoms. The second-order valence-electron chi connectivity index (χ2n) is 5.32. The number of amides is 1. The van der Waals surface area contributed by atoms with Gasteiger partial charge in [0.1, 0.15) is 6.04 Å². The first kappa shape index (κ1) is 16.0. The number of hydrogen-bond acceptors (Lipinski definition) is 3. The van der Waals surface area contributed by atoms with E-state index in [4.69, 9.17) is 5.11 Å². The van der Waals surface area contributed by atoms with Crippen molar-refractivity contribution >= 4 is 11.9 Å². The molecule has 1 N–H and O–H groups in total. The number of aliphatic carboxylic acids is 1. The molecule has 2 unspecified atom stereocenters. The Morgan fingerprint density at radius 3 is 2.58 bits per heavy atom. The third-order valence-corrected chi connectivity index (χ3v) is 4.01. The van der Waals surface area contributed by atoms with Crippen molar-refractivity contribution in [1.82, 2.24) is 9.80 Å². The van der Waals surface area contributed by atoms with Crippen molar-refractivity contribution in [3.8, 4) is 0 Å². The highest BCUT2D eigenvalue weighted by atomic mass is 16.4. The van der Waals surface area contributed by atoms with Crippen LogP contribution in [0.5, 0.6) is 0 Å². The van der Waals surface area contributed by atoms with Crippen molar-refractivity contribution in [2.45, 2.75) is 58.0 Å². The van der Waals surface area contributed by atoms with Crippen molar-refractivity contribution in [3.63, 3.8) is 0 Å². The fraction of sp³-hybridized carbons (Fsp3) is 0.857. The van der Waals surface area contributed by atoms with Crippen molar-refractivity contribution < 1.29 is 14.7 Å². The average Bonchev–Trinajstić information content (AvgIpc) is 2.38. The molecular formula is C14H26N2O3. The largest absolute Gasteiger partial charge is 0.480 e. The fourth-order valence-corrected chi connectivity index (χ4v) is 2.84. The van der Waals surface area contributed by atoms with Gasteiger partial charge >= 0.3 is 5.97 Å². The number of likely N-dealkylation sites (N-methyl/N-ethyl adjacent to an activating group) is 1. The number of hydrogen-bond donors (Lipinski definition) is 1. The highest BCUT2D eigenvalue weighted by molar-refractivity contribution is 5.80. The monoisotopic (exact) mass is 270 g/mol. The molecule has 0 saturated carbocycles. The molecule has 1 aliphatic rings. The molecule has 0 aromatic rings. The van der Waals surface area contributed by atoms with Gasteiger partial charge in [0, 0.05) is 12.6 Å². The zero-order valence-electron chi connectivity index (χ0n) is 12.3. The van der Waals surface area contributed by atoms with Crippen LogP contribution in [0.25, 0.3) is 0 Å². The minimum Gasteiger partial charge on any atom is -0.480 e. The van der Waals surface area contributed by atoms with E-state index < -0.39 is 12.0 Å². The van der Waals surface area contributed by atoms with E-state index in [2.05, 4.69) is 6.92 Å². The van der Waals surface area contributed by atoms with Crippen LogP contribution in [-0.2, 0) is 9.59 Å². The number of carbonyl (C=O) groups is 2. The summed E-state index contributed by atoms with van der Waals surface area (Å²) in [7, 11) is 1.71. The predicted octanol–water partition coefficient (Wildman–Crippen LogP) is 1.57. The Morgan fingerprint density at radius 2 is 2.05 bits per heavy atom. The van der Waals surface area contributed by atoms with Crippen LogP contribution in [0, 0.1) is 0 Å². The van der Waals surface area contributed by atoms with Crippen LogP contribution < -0.4 is 0 Å². The van der Waals surface area contributed by atoms with E-state index in [0.29, 0.717) is 12.5 Å². The normalized spacial score (nSPS) is 21.5. The smallest absolute Gasteiger partial charge is 0.320 e. The lowest BCUT2D eigenvalue weighted by atomic mass is 10.00. The number of carbonyl (C=O) groups excluding carboxylic acids is 1. The van der Waals surface area contributed by atoms with E-state index in [1.165, 1.54) is 6.42 Å². The number of rotatable bonds is 6. The van der Waals surface area contributed by atoms with Gasteiger partial charge in [-0.1, -0.05) is 13.8 Å². The molecule has 0 spiro atoms. The van der Waals surface area contributed by atoms with Gasteiger partial charge in [-0.2, -0.15) is 0 Å². The Kier molecular flexibility index (Phi) is 6.28. The van der Waals surface area contributed by atoms with Crippen molar-refractivity contribution in [2.75, 3.05) is 20.1 Å². The topological polar surface area (TPSA) is 60.9 Å². The maximum Gasteiger partial charge on any atom is 0.320 e. The van der Waals surface area contributed by atoms with Gasteiger partial charge in [-0.15, -0.1) is 0 Å². The van der Waals surface area contributed by atoms with Crippen LogP contribution >= 0.6 is 0 Å². The van der Waals surface area contributed by atoms with E-state index in [9.17, 15) is 9.59 Å². The minimum absolute atomic E-state index is 0.0637. The highest BCUT2D eigenvalue weighted by Gasteiger charge is 2.28. The standard InChI is InChI=1S/C14H26N2O3/c1-4-11-8-6-7-9-16(11)13(17)10-15(3)12(5-2)14(18)19/h11-12H,4-10H2,1-3H3,(H,18,19). The lowest BCUT2D eigenvalue weighted by molar-refractivity contribution is -0.144. The average molecular weight is 270 g/mol. The maximum absolute atomic E-state index is 12.3. The van der Waals surface area contributed by atoms with Gasteiger partial charge in [-0.05, 0) is 39.2 Å². The third kappa shape index (κ3) is 4.20. The Labute approximate surface area is 115 Å². The number of likely N-dealkylation sites (tertiary alicyclic amines) is 1. The Morgan fingerprint density at radius 1 is 1.37 bits per heavy atom. The molecule has 5 nitrogen and oxygen atoms in total. The molecule has 0 aromatic heterocycles. The first-order chi connectivity index (χ1) is 9.01. The Bertz CT molecular complexity index is 320. The summed E-state index contributed by atoms with van der Waals surface area (Å²) < 4.78 is 0. The summed E-state index contributed by atoms with van der Waals surface area (Å²) >= 11 is 0. The predicted molar refractivity (Wildman–Crippen MR) is 74.0 cm³/mol. The summed E-state index contributed by atoms with van der Waals surface area (Å²) in [6.07, 6.45) is 4.80. The molecule has 1 amide bonds. The minimum atomic E-state index is -0.858. The number of piperidine rings is 1. The first-order valence-corrected chi connectivity index (χ1v) is 7.23. The Hall–Kier alpha value is -1.10. The fourth-order valence-electron chi connectivity index (χ4n) is 2.84. The number of nitrogens with zero attached hydrogens (tertiary/aromatic N) is 2. The van der Waals surface area contributed by atoms with E-state index >= 15 is 0 Å². The molecule has 1 aliphatic heterocycles. The molecule has 0 aromatic carbocycles. The van der Waals surface area contributed by atoms with Gasteiger partial charge in [-0.3, -0.25) is 14.5 Å². The molecular weight excluding hydrogens is 244 g/mol. The van der Waals surface area contributed by atoms with E-state index in [1.807, 2.05) is 11.8 Å². The lowest BCUT2D eigenvalue weighted by Crippen LogP contribution is -2.50. The second-order valence-corrected chi connectivity index (χ2v) is 5.32. The zero-order chi connectivity index (χ0) is 14.4. The molecule has 19 heavy (non-hydrogen) atoms.